The molecule has 9 heteroatoms. The van der Waals surface area contributed by atoms with Gasteiger partial charge >= 0.3 is 0 Å². The molecular formula is C35H49N5O4. The third-order valence-electron chi connectivity index (χ3n) is 10.9. The average molecular weight is 604 g/mol. The first-order valence-corrected chi connectivity index (χ1v) is 17.1. The van der Waals surface area contributed by atoms with Crippen molar-refractivity contribution in [2.24, 2.45) is 17.3 Å². The lowest BCUT2D eigenvalue weighted by molar-refractivity contribution is -0.139. The molecule has 3 heterocycles. The van der Waals surface area contributed by atoms with Crippen molar-refractivity contribution in [1.82, 2.24) is 20.0 Å². The molecule has 2 aromatic rings. The van der Waals surface area contributed by atoms with Gasteiger partial charge in [0.05, 0.1) is 11.6 Å². The number of rotatable bonds is 6. The van der Waals surface area contributed by atoms with Gasteiger partial charge in [0.1, 0.15) is 12.2 Å². The number of Topliss-reactive ketones (excluding diaryl/α,β-unsaturated/α-hetero) is 2. The predicted molar refractivity (Wildman–Crippen MR) is 171 cm³/mol. The van der Waals surface area contributed by atoms with Crippen molar-refractivity contribution in [2.45, 2.75) is 123 Å². The third kappa shape index (κ3) is 6.03. The van der Waals surface area contributed by atoms with Crippen LogP contribution in [0.3, 0.4) is 0 Å². The number of nitrogens with zero attached hydrogens (tertiary/aromatic N) is 3. The van der Waals surface area contributed by atoms with Crippen molar-refractivity contribution in [3.05, 3.63) is 23.4 Å². The van der Waals surface area contributed by atoms with Gasteiger partial charge in [-0.25, -0.2) is 0 Å². The van der Waals surface area contributed by atoms with E-state index in [-0.39, 0.29) is 47.3 Å². The zero-order valence-corrected chi connectivity index (χ0v) is 26.8. The molecule has 3 fully saturated rings. The lowest BCUT2D eigenvalue weighted by atomic mass is 9.89. The molecular weight excluding hydrogens is 554 g/mol. The molecule has 2 N–H and O–H groups in total. The number of carbonyl (C=O) groups excluding carboxylic acids is 4. The second-order valence-corrected chi connectivity index (χ2v) is 14.1. The molecule has 9 nitrogen and oxygen atoms in total. The Balaban J connectivity index is 1.36. The Morgan fingerprint density at radius 1 is 1.05 bits per heavy atom. The molecule has 0 unspecified atom stereocenters. The van der Waals surface area contributed by atoms with E-state index in [4.69, 9.17) is 5.10 Å². The predicted octanol–water partition coefficient (Wildman–Crippen LogP) is 5.44. The Hall–Kier alpha value is -3.23. The highest BCUT2D eigenvalue weighted by atomic mass is 16.2. The fourth-order valence-corrected chi connectivity index (χ4v) is 8.20. The summed E-state index contributed by atoms with van der Waals surface area (Å²) in [6, 6.07) is 3.68. The van der Waals surface area contributed by atoms with E-state index in [0.717, 1.165) is 67.2 Å². The largest absolute Gasteiger partial charge is 0.385 e. The zero-order valence-electron chi connectivity index (χ0n) is 26.8. The maximum absolute atomic E-state index is 14.1. The van der Waals surface area contributed by atoms with Crippen LogP contribution in [0.4, 0.5) is 5.69 Å². The van der Waals surface area contributed by atoms with Crippen molar-refractivity contribution < 1.29 is 19.2 Å². The SMILES string of the molecule is CCC(=O)[C@@H]1C[C@]23CNC(=O)[C@H](C)CCCCCc4cc(NCC5CCCCC5)cc5c(C(C)=O)nn(c45)CC(=O)N1[C@@H]2C3. The van der Waals surface area contributed by atoms with Gasteiger partial charge in [-0.1, -0.05) is 46.0 Å². The van der Waals surface area contributed by atoms with E-state index in [1.54, 1.807) is 16.5 Å². The van der Waals surface area contributed by atoms with Crippen LogP contribution in [0.25, 0.3) is 10.9 Å². The summed E-state index contributed by atoms with van der Waals surface area (Å²) in [5.74, 6) is 0.437. The highest BCUT2D eigenvalue weighted by Crippen LogP contribution is 2.59. The number of anilines is 1. The van der Waals surface area contributed by atoms with Crippen LogP contribution in [-0.2, 0) is 27.3 Å². The van der Waals surface area contributed by atoms with Gasteiger partial charge in [-0.05, 0) is 68.6 Å². The molecule has 0 radical (unpaired) electrons. The Labute approximate surface area is 260 Å². The third-order valence-corrected chi connectivity index (χ3v) is 10.9. The number of piperidine rings is 1. The minimum absolute atomic E-state index is 0.0188. The molecule has 4 aliphatic rings. The Morgan fingerprint density at radius 2 is 1.80 bits per heavy atom. The van der Waals surface area contributed by atoms with Gasteiger partial charge in [-0.3, -0.25) is 23.9 Å². The summed E-state index contributed by atoms with van der Waals surface area (Å²) in [6.07, 6.45) is 12.6. The smallest absolute Gasteiger partial charge is 0.245 e. The van der Waals surface area contributed by atoms with Crippen molar-refractivity contribution in [2.75, 3.05) is 18.4 Å². The maximum Gasteiger partial charge on any atom is 0.245 e. The molecule has 1 aromatic heterocycles. The molecule has 44 heavy (non-hydrogen) atoms. The first-order valence-electron chi connectivity index (χ1n) is 17.1. The molecule has 2 saturated carbocycles. The number of benzene rings is 1. The van der Waals surface area contributed by atoms with E-state index >= 15 is 0 Å². The van der Waals surface area contributed by atoms with Gasteiger partial charge in [0.15, 0.2) is 11.6 Å². The quantitative estimate of drug-likeness (QED) is 0.425. The van der Waals surface area contributed by atoms with Crippen LogP contribution in [0.5, 0.6) is 0 Å². The van der Waals surface area contributed by atoms with Crippen LogP contribution >= 0.6 is 0 Å². The van der Waals surface area contributed by atoms with E-state index < -0.39 is 6.04 Å². The van der Waals surface area contributed by atoms with Crippen molar-refractivity contribution >= 4 is 40.0 Å². The average Bonchev–Trinajstić information content (AvgIpc) is 3.43. The van der Waals surface area contributed by atoms with Crippen molar-refractivity contribution in [3.8, 4) is 0 Å². The minimum atomic E-state index is -0.483. The standard InChI is InChI=1S/C35H49N5O4/c1-4-29(42)28-17-35-18-30(35)40(28)31(43)20-39-33-25(14-10-5-7-11-22(2)34(44)37-21-35)15-26(16-27(33)32(38-39)23(3)41)36-19-24-12-8-6-9-13-24/h15-16,22,24,28,30,36H,4-14,17-21H2,1-3H3,(H,37,44)/t22-,28+,30-,35+/m1/s1. The lowest BCUT2D eigenvalue weighted by Crippen LogP contribution is -2.44. The number of hydrogen-bond acceptors (Lipinski definition) is 6. The fraction of sp³-hybridized carbons (Fsp3) is 0.686. The van der Waals surface area contributed by atoms with Gasteiger partial charge in [-0.15, -0.1) is 0 Å². The topological polar surface area (TPSA) is 113 Å². The van der Waals surface area contributed by atoms with Crippen LogP contribution in [-0.4, -0.2) is 63.2 Å². The first-order chi connectivity index (χ1) is 21.2. The molecule has 238 valence electrons. The van der Waals surface area contributed by atoms with E-state index in [1.165, 1.54) is 32.1 Å². The van der Waals surface area contributed by atoms with Gasteiger partial charge in [-0.2, -0.15) is 5.10 Å². The summed E-state index contributed by atoms with van der Waals surface area (Å²) in [5.41, 5.74) is 3.08. The Morgan fingerprint density at radius 3 is 2.55 bits per heavy atom. The Bertz CT molecular complexity index is 1440. The van der Waals surface area contributed by atoms with Crippen LogP contribution in [0.15, 0.2) is 12.1 Å². The summed E-state index contributed by atoms with van der Waals surface area (Å²) in [4.78, 5) is 54.8. The van der Waals surface area contributed by atoms with Gasteiger partial charge in [0, 0.05) is 54.9 Å². The van der Waals surface area contributed by atoms with Gasteiger partial charge in [0.25, 0.3) is 0 Å². The number of amides is 2. The number of nitrogens with one attached hydrogen (secondary N) is 2. The summed E-state index contributed by atoms with van der Waals surface area (Å²) >= 11 is 0. The molecule has 1 saturated heterocycles. The van der Waals surface area contributed by atoms with E-state index in [2.05, 4.69) is 16.7 Å². The second-order valence-electron chi connectivity index (χ2n) is 14.1. The summed E-state index contributed by atoms with van der Waals surface area (Å²) in [6.45, 7) is 6.77. The van der Waals surface area contributed by atoms with Gasteiger partial charge in [0.2, 0.25) is 11.8 Å². The molecule has 2 aliphatic carbocycles. The molecule has 2 aliphatic heterocycles. The van der Waals surface area contributed by atoms with Crippen LogP contribution in [0.2, 0.25) is 0 Å². The molecule has 6 rings (SSSR count). The number of hydrogen-bond donors (Lipinski definition) is 2. The summed E-state index contributed by atoms with van der Waals surface area (Å²) in [7, 11) is 0. The molecule has 0 spiro atoms. The number of aromatic nitrogens is 2. The molecule has 2 amide bonds. The Kier molecular flexibility index (Phi) is 8.84. The summed E-state index contributed by atoms with van der Waals surface area (Å²) < 4.78 is 1.73. The normalized spacial score (nSPS) is 28.3. The number of carbonyl (C=O) groups is 4. The highest BCUT2D eigenvalue weighted by molar-refractivity contribution is 6.06. The molecule has 1 aromatic carbocycles. The van der Waals surface area contributed by atoms with Crippen molar-refractivity contribution in [3.63, 3.8) is 0 Å². The zero-order chi connectivity index (χ0) is 31.0. The van der Waals surface area contributed by atoms with Gasteiger partial charge < -0.3 is 15.5 Å². The van der Waals surface area contributed by atoms with Crippen molar-refractivity contribution in [1.29, 1.82) is 0 Å². The number of ketones is 2. The van der Waals surface area contributed by atoms with E-state index in [1.807, 2.05) is 19.9 Å². The minimum Gasteiger partial charge on any atom is -0.385 e. The van der Waals surface area contributed by atoms with E-state index in [0.29, 0.717) is 31.0 Å². The molecule has 2 bridgehead atoms. The van der Waals surface area contributed by atoms with Crippen LogP contribution < -0.4 is 10.6 Å². The second kappa shape index (κ2) is 12.6. The molecule has 4 atom stereocenters. The highest BCUT2D eigenvalue weighted by Gasteiger charge is 2.66. The van der Waals surface area contributed by atoms with E-state index in [9.17, 15) is 19.2 Å². The maximum atomic E-state index is 14.1. The monoisotopic (exact) mass is 603 g/mol. The fourth-order valence-electron chi connectivity index (χ4n) is 8.20. The van der Waals surface area contributed by atoms with Crippen LogP contribution in [0.1, 0.15) is 114 Å². The van der Waals surface area contributed by atoms with Crippen LogP contribution in [0, 0.1) is 17.3 Å². The number of aryl methyl sites for hydroxylation is 1. The lowest BCUT2D eigenvalue weighted by Gasteiger charge is -2.26. The summed E-state index contributed by atoms with van der Waals surface area (Å²) in [5, 5.41) is 12.4. The first kappa shape index (κ1) is 30.8.